The third-order valence-corrected chi connectivity index (χ3v) is 8.86. The van der Waals surface area contributed by atoms with Crippen molar-refractivity contribution >= 4 is 28.4 Å². The highest BCUT2D eigenvalue weighted by Gasteiger charge is 2.62. The third kappa shape index (κ3) is 5.66. The van der Waals surface area contributed by atoms with Gasteiger partial charge in [-0.05, 0) is 74.8 Å². The first-order chi connectivity index (χ1) is 20.7. The summed E-state index contributed by atoms with van der Waals surface area (Å²) in [5.41, 5.74) is 4.88. The number of carbonyl (C=O) groups excluding carboxylic acids is 2. The number of aryl methyl sites for hydroxylation is 3. The van der Waals surface area contributed by atoms with E-state index in [0.29, 0.717) is 36.5 Å². The zero-order chi connectivity index (χ0) is 31.6. The van der Waals surface area contributed by atoms with Crippen molar-refractivity contribution in [1.82, 2.24) is 24.4 Å². The number of likely N-dealkylation sites (tertiary alicyclic amines) is 1. The second-order valence-electron chi connectivity index (χ2n) is 12.2. The molecule has 0 radical (unpaired) electrons. The third-order valence-electron chi connectivity index (χ3n) is 8.86. The van der Waals surface area contributed by atoms with Crippen molar-refractivity contribution in [3.8, 4) is 17.0 Å². The molecule has 2 aliphatic rings. The van der Waals surface area contributed by atoms with Crippen LogP contribution in [0, 0.1) is 26.2 Å². The first-order valence-corrected chi connectivity index (χ1v) is 14.5. The lowest BCUT2D eigenvalue weighted by molar-refractivity contribution is -0.276. The van der Waals surface area contributed by atoms with E-state index in [1.165, 1.54) is 6.07 Å². The van der Waals surface area contributed by atoms with Crippen LogP contribution in [0.15, 0.2) is 42.9 Å². The van der Waals surface area contributed by atoms with E-state index in [0.717, 1.165) is 40.1 Å². The van der Waals surface area contributed by atoms with Crippen LogP contribution in [0.1, 0.15) is 54.0 Å². The number of carbonyl (C=O) groups is 2. The Morgan fingerprint density at radius 3 is 2.45 bits per heavy atom. The largest absolute Gasteiger partial charge is 0.574 e. The Morgan fingerprint density at radius 2 is 1.77 bits per heavy atom. The van der Waals surface area contributed by atoms with Gasteiger partial charge in [0.15, 0.2) is 5.78 Å². The van der Waals surface area contributed by atoms with Gasteiger partial charge in [0.1, 0.15) is 11.6 Å². The molecule has 9 nitrogen and oxygen atoms in total. The fraction of sp³-hybridized carbons (Fsp3) is 0.406. The number of aromatic nitrogens is 4. The number of pyridine rings is 1. The van der Waals surface area contributed by atoms with Gasteiger partial charge in [-0.15, -0.1) is 13.2 Å². The van der Waals surface area contributed by atoms with Crippen LogP contribution in [0.4, 0.5) is 19.0 Å². The predicted octanol–water partition coefficient (Wildman–Crippen LogP) is 6.01. The fourth-order valence-corrected chi connectivity index (χ4v) is 6.51. The molecule has 230 valence electrons. The lowest BCUT2D eigenvalue weighted by Gasteiger charge is -2.27. The molecule has 1 aliphatic heterocycles. The molecule has 12 heteroatoms. The number of anilines is 1. The average molecular weight is 607 g/mol. The Labute approximate surface area is 252 Å². The van der Waals surface area contributed by atoms with Crippen molar-refractivity contribution in [3.63, 3.8) is 0 Å². The first kappa shape index (κ1) is 29.7. The monoisotopic (exact) mass is 606 g/mol. The minimum absolute atomic E-state index is 0.00402. The summed E-state index contributed by atoms with van der Waals surface area (Å²) >= 11 is 0. The number of Topliss-reactive ketones (excluding diaryl/α,β-unsaturated/α-hetero) is 1. The van der Waals surface area contributed by atoms with Gasteiger partial charge in [-0.25, -0.2) is 9.97 Å². The molecule has 1 saturated carbocycles. The number of ketones is 1. The number of halogens is 3. The summed E-state index contributed by atoms with van der Waals surface area (Å²) in [5, 5.41) is 3.60. The van der Waals surface area contributed by atoms with Crippen LogP contribution in [-0.2, 0) is 11.3 Å². The molecular formula is C32H33F3N6O3. The molecule has 1 amide bonds. The van der Waals surface area contributed by atoms with Crippen LogP contribution in [0.25, 0.3) is 22.0 Å². The summed E-state index contributed by atoms with van der Waals surface area (Å²) in [6.45, 7) is 10.3. The quantitative estimate of drug-likeness (QED) is 0.245. The van der Waals surface area contributed by atoms with Gasteiger partial charge in [0.25, 0.3) is 0 Å². The topological polar surface area (TPSA) is 102 Å². The zero-order valence-electron chi connectivity index (χ0n) is 25.1. The molecule has 1 saturated heterocycles. The number of piperidine rings is 1. The Hall–Kier alpha value is -4.32. The Morgan fingerprint density at radius 1 is 1.05 bits per heavy atom. The van der Waals surface area contributed by atoms with Crippen molar-refractivity contribution < 1.29 is 27.5 Å². The molecule has 2 fully saturated rings. The lowest BCUT2D eigenvalue weighted by Crippen LogP contribution is -2.43. The van der Waals surface area contributed by atoms with E-state index < -0.39 is 18.3 Å². The number of rotatable bonds is 8. The van der Waals surface area contributed by atoms with Gasteiger partial charge in [0, 0.05) is 60.3 Å². The Kier molecular flexibility index (Phi) is 7.22. The van der Waals surface area contributed by atoms with Crippen LogP contribution < -0.4 is 10.1 Å². The molecule has 0 spiro atoms. The summed E-state index contributed by atoms with van der Waals surface area (Å²) < 4.78 is 44.3. The van der Waals surface area contributed by atoms with Crippen molar-refractivity contribution in [2.24, 2.45) is 5.41 Å². The molecule has 3 aromatic heterocycles. The number of amides is 1. The second-order valence-corrected chi connectivity index (χ2v) is 12.2. The normalized spacial score (nSPS) is 21.4. The van der Waals surface area contributed by atoms with E-state index in [1.807, 2.05) is 26.1 Å². The maximum absolute atomic E-state index is 13.5. The molecule has 4 heterocycles. The number of alkyl halides is 3. The van der Waals surface area contributed by atoms with Crippen LogP contribution in [-0.4, -0.2) is 61.1 Å². The minimum Gasteiger partial charge on any atom is -0.388 e. The van der Waals surface area contributed by atoms with Crippen molar-refractivity contribution in [3.05, 3.63) is 65.4 Å². The molecule has 4 aromatic rings. The van der Waals surface area contributed by atoms with E-state index >= 15 is 0 Å². The van der Waals surface area contributed by atoms with E-state index in [4.69, 9.17) is 0 Å². The van der Waals surface area contributed by atoms with Crippen molar-refractivity contribution in [2.75, 3.05) is 11.9 Å². The highest BCUT2D eigenvalue weighted by molar-refractivity contribution is 6.08. The summed E-state index contributed by atoms with van der Waals surface area (Å²) in [6, 6.07) is 6.35. The van der Waals surface area contributed by atoms with E-state index in [-0.39, 0.29) is 29.0 Å². The number of benzene rings is 1. The predicted molar refractivity (Wildman–Crippen MR) is 158 cm³/mol. The van der Waals surface area contributed by atoms with Gasteiger partial charge >= 0.3 is 6.36 Å². The number of nitrogens with zero attached hydrogens (tertiary/aromatic N) is 5. The highest BCUT2D eigenvalue weighted by Crippen LogP contribution is 2.59. The van der Waals surface area contributed by atoms with Crippen LogP contribution >= 0.6 is 0 Å². The van der Waals surface area contributed by atoms with E-state index in [9.17, 15) is 22.8 Å². The molecule has 0 bridgehead atoms. The number of hydrogen-bond acceptors (Lipinski definition) is 7. The Bertz CT molecular complexity index is 1780. The number of ether oxygens (including phenoxy) is 1. The Balaban J connectivity index is 1.25. The molecular weight excluding hydrogens is 573 g/mol. The van der Waals surface area contributed by atoms with E-state index in [2.05, 4.69) is 47.5 Å². The molecule has 3 atom stereocenters. The maximum atomic E-state index is 13.5. The smallest absolute Gasteiger partial charge is 0.388 e. The average Bonchev–Trinajstić information content (AvgIpc) is 3.31. The number of nitrogens with one attached hydrogen (secondary N) is 1. The number of fused-ring (bicyclic) bond motifs is 2. The van der Waals surface area contributed by atoms with Gasteiger partial charge < -0.3 is 14.6 Å². The van der Waals surface area contributed by atoms with Crippen LogP contribution in [0.3, 0.4) is 0 Å². The van der Waals surface area contributed by atoms with Gasteiger partial charge in [-0.3, -0.25) is 14.5 Å². The molecule has 0 unspecified atom stereocenters. The lowest BCUT2D eigenvalue weighted by atomic mass is 10.0. The van der Waals surface area contributed by atoms with Gasteiger partial charge in [-0.2, -0.15) is 4.98 Å². The standard InChI is InChI=1S/C32H33F3N6O3/c1-17-6-7-27(44-32(33,34)35)38-29(17)39-30(43)25-12-31(5)13-26(31)41(25)9-8-40-16-24(19(3)42)23-11-21(10-18(2)28(23)40)22-14-36-20(4)37-15-22/h6-7,10-11,14-16,25-26H,8-9,12-13H2,1-5H3,(H,38,39,43)/t25-,26+,31-/m0/s1. The van der Waals surface area contributed by atoms with E-state index in [1.54, 1.807) is 26.2 Å². The molecule has 1 N–H and O–H groups in total. The first-order valence-electron chi connectivity index (χ1n) is 14.5. The molecule has 1 aliphatic carbocycles. The summed E-state index contributed by atoms with van der Waals surface area (Å²) in [6.07, 6.45) is 2.14. The number of hydrogen-bond donors (Lipinski definition) is 1. The molecule has 6 rings (SSSR count). The summed E-state index contributed by atoms with van der Waals surface area (Å²) in [4.78, 5) is 40.9. The van der Waals surface area contributed by atoms with Crippen LogP contribution in [0.2, 0.25) is 0 Å². The zero-order valence-corrected chi connectivity index (χ0v) is 25.1. The SMILES string of the molecule is CC(=O)c1cn(CCN2[C@H](C(=O)Nc3nc(OC(F)(F)F)ccc3C)C[C@@]3(C)C[C@@H]23)c2c(C)cc(-c3cnc(C)nc3)cc12. The van der Waals surface area contributed by atoms with Crippen molar-refractivity contribution in [1.29, 1.82) is 0 Å². The molecule has 44 heavy (non-hydrogen) atoms. The summed E-state index contributed by atoms with van der Waals surface area (Å²) in [5.74, 6) is -0.279. The van der Waals surface area contributed by atoms with Crippen molar-refractivity contribution in [2.45, 2.75) is 72.5 Å². The molecule has 1 aromatic carbocycles. The van der Waals surface area contributed by atoms with Gasteiger partial charge in [-0.1, -0.05) is 13.0 Å². The van der Waals surface area contributed by atoms with Crippen LogP contribution in [0.5, 0.6) is 5.88 Å². The minimum atomic E-state index is -4.89. The highest BCUT2D eigenvalue weighted by atomic mass is 19.4. The second kappa shape index (κ2) is 10.7. The fourth-order valence-electron chi connectivity index (χ4n) is 6.51. The maximum Gasteiger partial charge on any atom is 0.574 e. The summed E-state index contributed by atoms with van der Waals surface area (Å²) in [7, 11) is 0. The van der Waals surface area contributed by atoms with Gasteiger partial charge in [0.05, 0.1) is 11.6 Å². The van der Waals surface area contributed by atoms with Gasteiger partial charge in [0.2, 0.25) is 11.8 Å².